The van der Waals surface area contributed by atoms with Gasteiger partial charge in [-0.3, -0.25) is 29.0 Å². The number of unbranched alkanes of at least 4 members (excludes halogenated alkanes) is 5. The van der Waals surface area contributed by atoms with Crippen LogP contribution in [-0.4, -0.2) is 153 Å². The van der Waals surface area contributed by atoms with Gasteiger partial charge in [-0.1, -0.05) is 43.4 Å². The number of ether oxygens (including phenoxy) is 1. The molecular weight excluding hydrogens is 962 g/mol. The fourth-order valence-electron chi connectivity index (χ4n) is 10.6. The Kier molecular flexibility index (Phi) is 18.8. The van der Waals surface area contributed by atoms with Crippen LogP contribution in [0.25, 0.3) is 5.65 Å². The van der Waals surface area contributed by atoms with E-state index >= 15 is 0 Å². The molecule has 4 aliphatic heterocycles. The molecule has 398 valence electrons. The summed E-state index contributed by atoms with van der Waals surface area (Å²) in [6.07, 6.45) is 12.6. The fraction of sp³-hybridized carbons (Fsp3) is 0.564. The van der Waals surface area contributed by atoms with Crippen LogP contribution in [0.1, 0.15) is 129 Å². The zero-order valence-electron chi connectivity index (χ0n) is 43.6. The number of nitrogens with one attached hydrogen (secondary N) is 4. The van der Waals surface area contributed by atoms with Gasteiger partial charge in [-0.2, -0.15) is 5.10 Å². The minimum absolute atomic E-state index is 0.0102. The van der Waals surface area contributed by atoms with Gasteiger partial charge in [0.1, 0.15) is 41.1 Å². The van der Waals surface area contributed by atoms with Crippen LogP contribution in [0, 0.1) is 18.7 Å². The first-order chi connectivity index (χ1) is 35.8. The summed E-state index contributed by atoms with van der Waals surface area (Å²) in [5.74, 6) is 0.729. The number of rotatable bonds is 20. The molecule has 2 aromatic heterocycles. The molecule has 19 heteroatoms. The standard InChI is InChI=1S/C55H74FN11O6S/c1-35-15-20-46-42(31-35)37(3)60-47-23-29-67-51(62-47)43(32-59-67)54(71)65(33-36(2)73-46)30-24-58-48(68)14-10-8-6-7-9-11-25-64-27-21-39(22-28-64)49(63-52(70)38(4)57-5)55(72)66-26-12-13-45(66)53-61-44(34-74-53)50(69)40-16-18-41(56)19-17-40/h15-20,23,29,31-32,36-39,44-45,49,57H,6-14,21-22,24-28,30,33-34H2,1-5H3,(H,58,68)(H,60,62)(H,63,70)/t36-,37+,38-,44?,45-,49-/m0/s1. The van der Waals surface area contributed by atoms with Crippen molar-refractivity contribution in [2.24, 2.45) is 10.9 Å². The molecule has 6 heterocycles. The zero-order chi connectivity index (χ0) is 52.3. The van der Waals surface area contributed by atoms with Gasteiger partial charge in [0.05, 0.1) is 35.9 Å². The number of likely N-dealkylation sites (N-methyl/N-ethyl adjacent to an activating group) is 1. The Labute approximate surface area is 438 Å². The van der Waals surface area contributed by atoms with E-state index in [4.69, 9.17) is 14.7 Å². The molecule has 0 saturated carbocycles. The Balaban J connectivity index is 0.747. The van der Waals surface area contributed by atoms with E-state index < -0.39 is 23.9 Å². The fourth-order valence-corrected chi connectivity index (χ4v) is 11.7. The van der Waals surface area contributed by atoms with Crippen LogP contribution >= 0.6 is 11.8 Å². The van der Waals surface area contributed by atoms with Crippen molar-refractivity contribution < 1.29 is 33.1 Å². The largest absolute Gasteiger partial charge is 0.489 e. The molecule has 2 bridgehead atoms. The number of carbonyl (C=O) groups is 5. The third-order valence-corrected chi connectivity index (χ3v) is 16.1. The Hall–Kier alpha value is -5.92. The lowest BCUT2D eigenvalue weighted by molar-refractivity contribution is -0.138. The van der Waals surface area contributed by atoms with Crippen LogP contribution in [0.5, 0.6) is 5.75 Å². The van der Waals surface area contributed by atoms with E-state index in [-0.39, 0.29) is 53.5 Å². The van der Waals surface area contributed by atoms with Crippen molar-refractivity contribution in [3.63, 3.8) is 0 Å². The lowest BCUT2D eigenvalue weighted by atomic mass is 9.88. The van der Waals surface area contributed by atoms with E-state index in [2.05, 4.69) is 44.3 Å². The third kappa shape index (κ3) is 13.7. The number of hydrogen-bond donors (Lipinski definition) is 4. The lowest BCUT2D eigenvalue weighted by Gasteiger charge is -2.38. The number of Topliss-reactive ketones (excluding diaryl/α,β-unsaturated/α-hetero) is 1. The molecule has 4 aliphatic rings. The smallest absolute Gasteiger partial charge is 0.259 e. The minimum Gasteiger partial charge on any atom is -0.489 e. The number of ketones is 1. The summed E-state index contributed by atoms with van der Waals surface area (Å²) in [7, 11) is 1.73. The van der Waals surface area contributed by atoms with E-state index in [1.807, 2.05) is 36.9 Å². The first-order valence-electron chi connectivity index (χ1n) is 26.7. The first kappa shape index (κ1) is 54.3. The first-order valence-corrected chi connectivity index (χ1v) is 27.7. The number of hydrogen-bond acceptors (Lipinski definition) is 13. The number of anilines is 1. The van der Waals surface area contributed by atoms with Crippen molar-refractivity contribution in [3.8, 4) is 5.75 Å². The highest BCUT2D eigenvalue weighted by atomic mass is 32.2. The summed E-state index contributed by atoms with van der Waals surface area (Å²) in [5.41, 5.74) is 3.37. The van der Waals surface area contributed by atoms with Gasteiger partial charge in [-0.15, -0.1) is 11.8 Å². The van der Waals surface area contributed by atoms with E-state index in [1.54, 1.807) is 35.8 Å². The molecule has 6 atom stereocenters. The lowest BCUT2D eigenvalue weighted by Crippen LogP contribution is -2.58. The zero-order valence-corrected chi connectivity index (χ0v) is 44.4. The van der Waals surface area contributed by atoms with E-state index in [1.165, 1.54) is 36.0 Å². The summed E-state index contributed by atoms with van der Waals surface area (Å²) >= 11 is 1.51. The maximum absolute atomic E-state index is 14.5. The second kappa shape index (κ2) is 25.5. The number of likely N-dealkylation sites (tertiary alicyclic amines) is 2. The van der Waals surface area contributed by atoms with Crippen molar-refractivity contribution in [1.29, 1.82) is 0 Å². The van der Waals surface area contributed by atoms with Gasteiger partial charge in [0.2, 0.25) is 17.7 Å². The molecule has 1 unspecified atom stereocenters. The maximum Gasteiger partial charge on any atom is 0.259 e. The van der Waals surface area contributed by atoms with Crippen LogP contribution in [0.2, 0.25) is 0 Å². The number of halogens is 1. The summed E-state index contributed by atoms with van der Waals surface area (Å²) in [6, 6.07) is 11.4. The molecule has 17 nitrogen and oxygen atoms in total. The summed E-state index contributed by atoms with van der Waals surface area (Å²) in [6.45, 7) is 12.0. The molecule has 2 aromatic carbocycles. The summed E-state index contributed by atoms with van der Waals surface area (Å²) < 4.78 is 21.6. The number of thioether (sulfide) groups is 1. The van der Waals surface area contributed by atoms with E-state index in [9.17, 15) is 28.4 Å². The Morgan fingerprint density at radius 2 is 1.70 bits per heavy atom. The highest BCUT2D eigenvalue weighted by Crippen LogP contribution is 2.34. The number of piperidine rings is 1. The van der Waals surface area contributed by atoms with Crippen molar-refractivity contribution in [3.05, 3.63) is 89.0 Å². The Morgan fingerprint density at radius 1 is 0.946 bits per heavy atom. The number of carbonyl (C=O) groups excluding carboxylic acids is 5. The van der Waals surface area contributed by atoms with E-state index in [0.29, 0.717) is 60.9 Å². The molecular formula is C55H74FN11O6S. The van der Waals surface area contributed by atoms with Crippen LogP contribution in [0.15, 0.2) is 65.9 Å². The average Bonchev–Trinajstić information content (AvgIpc) is 4.19. The number of aromatic nitrogens is 3. The summed E-state index contributed by atoms with van der Waals surface area (Å²) in [4.78, 5) is 83.7. The Bertz CT molecular complexity index is 2640. The minimum atomic E-state index is -0.658. The van der Waals surface area contributed by atoms with Gasteiger partial charge in [0.25, 0.3) is 5.91 Å². The molecule has 8 rings (SSSR count). The molecule has 0 radical (unpaired) electrons. The van der Waals surface area contributed by atoms with E-state index in [0.717, 1.165) is 106 Å². The van der Waals surface area contributed by atoms with Gasteiger partial charge >= 0.3 is 0 Å². The van der Waals surface area contributed by atoms with Gasteiger partial charge in [0.15, 0.2) is 11.4 Å². The number of benzene rings is 2. The molecule has 4 N–H and O–H groups in total. The van der Waals surface area contributed by atoms with Crippen molar-refractivity contribution in [2.75, 3.05) is 63.9 Å². The third-order valence-electron chi connectivity index (χ3n) is 14.9. The van der Waals surface area contributed by atoms with Crippen molar-refractivity contribution in [2.45, 2.75) is 135 Å². The predicted molar refractivity (Wildman–Crippen MR) is 286 cm³/mol. The van der Waals surface area contributed by atoms with Crippen LogP contribution in [0.4, 0.5) is 10.2 Å². The number of fused-ring (bicyclic) bond motifs is 2. The summed E-state index contributed by atoms with van der Waals surface area (Å²) in [5, 5.41) is 17.8. The second-order valence-electron chi connectivity index (χ2n) is 20.5. The van der Waals surface area contributed by atoms with Gasteiger partial charge in [-0.25, -0.2) is 13.9 Å². The average molecular weight is 1040 g/mol. The number of aryl methyl sites for hydroxylation is 1. The van der Waals surface area contributed by atoms with Crippen molar-refractivity contribution >= 4 is 57.7 Å². The molecule has 0 spiro atoms. The maximum atomic E-state index is 14.5. The number of nitrogens with zero attached hydrogens (tertiary/aromatic N) is 7. The molecule has 74 heavy (non-hydrogen) atoms. The van der Waals surface area contributed by atoms with Crippen molar-refractivity contribution in [1.82, 2.24) is 45.2 Å². The van der Waals surface area contributed by atoms with Gasteiger partial charge in [0, 0.05) is 49.1 Å². The Morgan fingerprint density at radius 3 is 2.47 bits per heavy atom. The van der Waals surface area contributed by atoms with Gasteiger partial charge in [-0.05, 0) is 135 Å². The van der Waals surface area contributed by atoms with Crippen LogP contribution < -0.4 is 26.0 Å². The van der Waals surface area contributed by atoms with Crippen LogP contribution in [-0.2, 0) is 14.4 Å². The number of amides is 4. The molecule has 2 fully saturated rings. The predicted octanol–water partition coefficient (Wildman–Crippen LogP) is 6.61. The van der Waals surface area contributed by atoms with Gasteiger partial charge < -0.3 is 40.7 Å². The normalized spacial score (nSPS) is 21.4. The molecule has 0 aliphatic carbocycles. The monoisotopic (exact) mass is 1040 g/mol. The highest BCUT2D eigenvalue weighted by Gasteiger charge is 2.42. The highest BCUT2D eigenvalue weighted by molar-refractivity contribution is 8.14. The molecule has 2 saturated heterocycles. The quantitative estimate of drug-likeness (QED) is 0.0548. The van der Waals surface area contributed by atoms with Crippen LogP contribution in [0.3, 0.4) is 0 Å². The number of aliphatic imine (C=N–C) groups is 1. The second-order valence-corrected chi connectivity index (χ2v) is 21.5. The molecule has 4 amide bonds. The SMILES string of the molecule is CN[C@@H](C)C(=O)N[C@H](C(=O)N1CCC[C@H]1C1=NC(C(=O)c2ccc(F)cc2)CS1)C1CCN(CCCCCCCCC(=O)NCCN2C[C@H](C)Oc3ccc(C)cc3[C@@H](C)Nc3ccn4ncc(c4n3)C2=O)CC1. The topological polar surface area (TPSA) is 195 Å². The molecule has 4 aromatic rings.